The second kappa shape index (κ2) is 10.6. The van der Waals surface area contributed by atoms with Crippen LogP contribution in [0.15, 0.2) is 70.0 Å². The maximum Gasteiger partial charge on any atom is 0.260 e. The minimum Gasteiger partial charge on any atom is -0.486 e. The summed E-state index contributed by atoms with van der Waals surface area (Å²) in [5, 5.41) is 6.63. The highest BCUT2D eigenvalue weighted by Gasteiger charge is 2.27. The highest BCUT2D eigenvalue weighted by Crippen LogP contribution is 2.37. The summed E-state index contributed by atoms with van der Waals surface area (Å²) in [6.07, 6.45) is 2.77. The van der Waals surface area contributed by atoms with Crippen molar-refractivity contribution in [1.29, 1.82) is 0 Å². The minimum absolute atomic E-state index is 0.152. The van der Waals surface area contributed by atoms with Crippen molar-refractivity contribution >= 4 is 57.0 Å². The van der Waals surface area contributed by atoms with Crippen LogP contribution < -0.4 is 15.4 Å². The van der Waals surface area contributed by atoms with Gasteiger partial charge in [-0.1, -0.05) is 54.6 Å². The number of amides is 1. The fourth-order valence-corrected chi connectivity index (χ4v) is 5.26. The van der Waals surface area contributed by atoms with E-state index in [1.54, 1.807) is 24.3 Å². The molecule has 33 heavy (non-hydrogen) atoms. The zero-order valence-corrected chi connectivity index (χ0v) is 20.9. The van der Waals surface area contributed by atoms with Gasteiger partial charge in [0.2, 0.25) is 0 Å². The molecule has 1 saturated heterocycles. The summed E-state index contributed by atoms with van der Waals surface area (Å²) in [5.74, 6) is -0.00984. The van der Waals surface area contributed by atoms with Crippen LogP contribution in [0, 0.1) is 5.82 Å². The second-order valence-electron chi connectivity index (χ2n) is 7.41. The molecule has 1 aliphatic heterocycles. The molecule has 170 valence electrons. The minimum atomic E-state index is -0.318. The molecule has 1 heterocycles. The number of nitrogens with one attached hydrogen (secondary N) is 2. The predicted octanol–water partition coefficient (Wildman–Crippen LogP) is 6.98. The summed E-state index contributed by atoms with van der Waals surface area (Å²) in [6, 6.07) is 17.9. The van der Waals surface area contributed by atoms with E-state index in [4.69, 9.17) is 16.3 Å². The van der Waals surface area contributed by atoms with Crippen molar-refractivity contribution in [2.45, 2.75) is 25.4 Å². The van der Waals surface area contributed by atoms with Crippen LogP contribution in [-0.2, 0) is 17.8 Å². The molecule has 0 aliphatic carbocycles. The molecule has 1 fully saturated rings. The van der Waals surface area contributed by atoms with E-state index in [2.05, 4.69) is 45.6 Å². The zero-order chi connectivity index (χ0) is 23.4. The van der Waals surface area contributed by atoms with Crippen molar-refractivity contribution in [2.24, 2.45) is 0 Å². The molecule has 4 nitrogen and oxygen atoms in total. The summed E-state index contributed by atoms with van der Waals surface area (Å²) in [6.45, 7) is 2.29. The average Bonchev–Trinajstić information content (AvgIpc) is 3.12. The lowest BCUT2D eigenvalue weighted by Gasteiger charge is -2.13. The Morgan fingerprint density at radius 1 is 1.18 bits per heavy atom. The summed E-state index contributed by atoms with van der Waals surface area (Å²) in [4.78, 5) is 13.0. The molecule has 1 atom stereocenters. The summed E-state index contributed by atoms with van der Waals surface area (Å²) < 4.78 is 19.8. The molecule has 3 aromatic carbocycles. The van der Waals surface area contributed by atoms with Crippen LogP contribution in [-0.4, -0.2) is 11.4 Å². The number of thioether (sulfide) groups is 1. The largest absolute Gasteiger partial charge is 0.486 e. The molecular formula is C25H21BrClFN2O2S. The van der Waals surface area contributed by atoms with Crippen LogP contribution in [0.2, 0.25) is 5.02 Å². The molecule has 1 aliphatic rings. The second-order valence-corrected chi connectivity index (χ2v) is 9.82. The van der Waals surface area contributed by atoms with Crippen LogP contribution in [0.5, 0.6) is 5.75 Å². The van der Waals surface area contributed by atoms with Crippen LogP contribution in [0.25, 0.3) is 6.08 Å². The third kappa shape index (κ3) is 6.10. The molecule has 0 bridgehead atoms. The maximum atomic E-state index is 13.4. The smallest absolute Gasteiger partial charge is 0.260 e. The van der Waals surface area contributed by atoms with Gasteiger partial charge in [-0.25, -0.2) is 4.39 Å². The van der Waals surface area contributed by atoms with E-state index < -0.39 is 0 Å². The van der Waals surface area contributed by atoms with Gasteiger partial charge in [0.25, 0.3) is 5.91 Å². The number of carbonyl (C=O) groups excluding carboxylic acids is 1. The highest BCUT2D eigenvalue weighted by molar-refractivity contribution is 9.10. The molecule has 8 heteroatoms. The molecule has 1 amide bonds. The SMILES string of the molecule is CCc1ccc(N[C@@H]2NC(=O)/C(=C/c3cc(Cl)c(OCc4cccc(F)c4)c(Br)c3)S2)cc1. The molecule has 0 unspecified atom stereocenters. The Bertz CT molecular complexity index is 1180. The first kappa shape index (κ1) is 23.7. The maximum absolute atomic E-state index is 13.4. The summed E-state index contributed by atoms with van der Waals surface area (Å²) in [5.41, 5.74) is 3.40. The van der Waals surface area contributed by atoms with Gasteiger partial charge in [-0.05, 0) is 81.5 Å². The Balaban J connectivity index is 1.44. The molecule has 2 N–H and O–H groups in total. The summed E-state index contributed by atoms with van der Waals surface area (Å²) in [7, 11) is 0. The van der Waals surface area contributed by atoms with Crippen molar-refractivity contribution in [3.8, 4) is 5.75 Å². The number of aryl methyl sites for hydroxylation is 1. The van der Waals surface area contributed by atoms with E-state index in [0.717, 1.165) is 17.7 Å². The van der Waals surface area contributed by atoms with Gasteiger partial charge in [0.05, 0.1) is 14.4 Å². The van der Waals surface area contributed by atoms with Crippen molar-refractivity contribution in [2.75, 3.05) is 5.32 Å². The van der Waals surface area contributed by atoms with E-state index in [1.165, 1.54) is 29.5 Å². The molecule has 0 spiro atoms. The predicted molar refractivity (Wildman–Crippen MR) is 137 cm³/mol. The van der Waals surface area contributed by atoms with Crippen molar-refractivity contribution in [1.82, 2.24) is 5.32 Å². The Kier molecular flexibility index (Phi) is 7.63. The average molecular weight is 548 g/mol. The van der Waals surface area contributed by atoms with Gasteiger partial charge in [0.1, 0.15) is 12.4 Å². The Labute approximate surface area is 209 Å². The monoisotopic (exact) mass is 546 g/mol. The van der Waals surface area contributed by atoms with Crippen molar-refractivity contribution < 1.29 is 13.9 Å². The highest BCUT2D eigenvalue weighted by atomic mass is 79.9. The summed E-state index contributed by atoms with van der Waals surface area (Å²) >= 11 is 11.3. The Hall–Kier alpha value is -2.48. The van der Waals surface area contributed by atoms with E-state index in [9.17, 15) is 9.18 Å². The van der Waals surface area contributed by atoms with Crippen molar-refractivity contribution in [3.05, 3.63) is 97.6 Å². The van der Waals surface area contributed by atoms with E-state index in [0.29, 0.717) is 25.7 Å². The molecule has 3 aromatic rings. The van der Waals surface area contributed by atoms with Crippen LogP contribution in [0.1, 0.15) is 23.6 Å². The molecule has 4 rings (SSSR count). The molecule has 0 radical (unpaired) electrons. The van der Waals surface area contributed by atoms with Gasteiger partial charge in [0, 0.05) is 5.69 Å². The van der Waals surface area contributed by atoms with E-state index in [1.807, 2.05) is 18.2 Å². The van der Waals surface area contributed by atoms with Crippen LogP contribution >= 0.6 is 39.3 Å². The zero-order valence-electron chi connectivity index (χ0n) is 17.7. The number of rotatable bonds is 7. The standard InChI is InChI=1S/C25H21BrClFN2O2S/c1-2-15-6-8-19(9-7-15)29-25-30-24(31)22(33-25)13-17-11-20(26)23(21(27)12-17)32-14-16-4-3-5-18(28)10-16/h3-13,25,29H,2,14H2,1H3,(H,30,31)/b22-13-/t25-/m1/s1. The Morgan fingerprint density at radius 2 is 1.97 bits per heavy atom. The van der Waals surface area contributed by atoms with Gasteiger partial charge in [-0.2, -0.15) is 0 Å². The van der Waals surface area contributed by atoms with Gasteiger partial charge in [-0.3, -0.25) is 4.79 Å². The molecule has 0 saturated carbocycles. The van der Waals surface area contributed by atoms with Crippen LogP contribution in [0.3, 0.4) is 0 Å². The Morgan fingerprint density at radius 3 is 2.67 bits per heavy atom. The lowest BCUT2D eigenvalue weighted by Crippen LogP contribution is -2.30. The number of benzene rings is 3. The van der Waals surface area contributed by atoms with E-state index >= 15 is 0 Å². The normalized spacial score (nSPS) is 16.7. The molecule has 0 aromatic heterocycles. The number of halogens is 3. The topological polar surface area (TPSA) is 50.4 Å². The van der Waals surface area contributed by atoms with Gasteiger partial charge < -0.3 is 15.4 Å². The van der Waals surface area contributed by atoms with Gasteiger partial charge >= 0.3 is 0 Å². The third-order valence-electron chi connectivity index (χ3n) is 4.98. The number of ether oxygens (including phenoxy) is 1. The van der Waals surface area contributed by atoms with E-state index in [-0.39, 0.29) is 23.8 Å². The number of hydrogen-bond donors (Lipinski definition) is 2. The van der Waals surface area contributed by atoms with Gasteiger partial charge in [0.15, 0.2) is 11.2 Å². The van der Waals surface area contributed by atoms with Crippen molar-refractivity contribution in [3.63, 3.8) is 0 Å². The fraction of sp³-hybridized carbons (Fsp3) is 0.160. The lowest BCUT2D eigenvalue weighted by atomic mass is 10.1. The quantitative estimate of drug-likeness (QED) is 0.313. The number of hydrogen-bond acceptors (Lipinski definition) is 4. The first-order valence-corrected chi connectivity index (χ1v) is 12.4. The van der Waals surface area contributed by atoms with Gasteiger partial charge in [-0.15, -0.1) is 0 Å². The number of carbonyl (C=O) groups is 1. The first-order chi connectivity index (χ1) is 15.9. The van der Waals surface area contributed by atoms with Crippen LogP contribution in [0.4, 0.5) is 10.1 Å². The fourth-order valence-electron chi connectivity index (χ4n) is 3.29. The molecular weight excluding hydrogens is 527 g/mol. The lowest BCUT2D eigenvalue weighted by molar-refractivity contribution is -0.116. The first-order valence-electron chi connectivity index (χ1n) is 10.3. The number of anilines is 1. The third-order valence-corrected chi connectivity index (χ3v) is 6.88.